The first-order valence-electron chi connectivity index (χ1n) is 9.39. The van der Waals surface area contributed by atoms with E-state index in [0.717, 1.165) is 37.1 Å². The molecule has 26 heavy (non-hydrogen) atoms. The van der Waals surface area contributed by atoms with Crippen molar-refractivity contribution in [2.45, 2.75) is 25.8 Å². The Morgan fingerprint density at radius 3 is 2.73 bits per heavy atom. The Balaban J connectivity index is 1.69. The molecule has 1 aliphatic rings. The first-order chi connectivity index (χ1) is 12.7. The van der Waals surface area contributed by atoms with E-state index in [0.29, 0.717) is 12.5 Å². The minimum atomic E-state index is 0.579. The Kier molecular flexibility index (Phi) is 6.10. The van der Waals surface area contributed by atoms with Crippen molar-refractivity contribution >= 4 is 11.8 Å². The third-order valence-electron chi connectivity index (χ3n) is 4.73. The summed E-state index contributed by atoms with van der Waals surface area (Å²) in [5.74, 6) is 2.53. The van der Waals surface area contributed by atoms with Crippen LogP contribution >= 0.6 is 0 Å². The average Bonchev–Trinajstić information content (AvgIpc) is 3.16. The summed E-state index contributed by atoms with van der Waals surface area (Å²) in [5, 5.41) is 3.44. The molecule has 0 saturated carbocycles. The molecule has 1 aliphatic heterocycles. The maximum atomic E-state index is 4.84. The monoisotopic (exact) mass is 351 g/mol. The predicted molar refractivity (Wildman–Crippen MR) is 109 cm³/mol. The molecule has 3 rings (SSSR count). The number of benzene rings is 1. The highest BCUT2D eigenvalue weighted by Gasteiger charge is 2.25. The second-order valence-corrected chi connectivity index (χ2v) is 6.89. The molecule has 1 aromatic heterocycles. The molecule has 2 aromatic rings. The number of hydrogen-bond donors (Lipinski definition) is 1. The van der Waals surface area contributed by atoms with E-state index in [2.05, 4.69) is 52.5 Å². The second kappa shape index (κ2) is 8.70. The van der Waals surface area contributed by atoms with Crippen LogP contribution in [-0.2, 0) is 6.54 Å². The first-order valence-corrected chi connectivity index (χ1v) is 9.39. The molecular weight excluding hydrogens is 322 g/mol. The van der Waals surface area contributed by atoms with Gasteiger partial charge in [0.15, 0.2) is 5.96 Å². The molecule has 0 radical (unpaired) electrons. The molecule has 1 N–H and O–H groups in total. The topological polar surface area (TPSA) is 43.8 Å². The van der Waals surface area contributed by atoms with Gasteiger partial charge in [0.25, 0.3) is 0 Å². The Labute approximate surface area is 156 Å². The van der Waals surface area contributed by atoms with Crippen LogP contribution in [0.4, 0.5) is 5.82 Å². The average molecular weight is 351 g/mol. The molecular formula is C21H29N5. The molecule has 138 valence electrons. The van der Waals surface area contributed by atoms with E-state index in [1.54, 1.807) is 0 Å². The van der Waals surface area contributed by atoms with Crippen molar-refractivity contribution < 1.29 is 0 Å². The van der Waals surface area contributed by atoms with Crippen LogP contribution in [0.2, 0.25) is 0 Å². The van der Waals surface area contributed by atoms with Crippen LogP contribution in [-0.4, -0.2) is 49.6 Å². The summed E-state index contributed by atoms with van der Waals surface area (Å²) in [4.78, 5) is 13.9. The van der Waals surface area contributed by atoms with Gasteiger partial charge in [-0.3, -0.25) is 0 Å². The Hall–Kier alpha value is -2.56. The molecule has 0 spiro atoms. The summed E-state index contributed by atoms with van der Waals surface area (Å²) >= 11 is 0. The van der Waals surface area contributed by atoms with Crippen LogP contribution < -0.4 is 10.2 Å². The maximum absolute atomic E-state index is 4.84. The van der Waals surface area contributed by atoms with Gasteiger partial charge in [0.1, 0.15) is 5.82 Å². The molecule has 5 nitrogen and oxygen atoms in total. The van der Waals surface area contributed by atoms with E-state index in [4.69, 9.17) is 4.99 Å². The van der Waals surface area contributed by atoms with Crippen molar-refractivity contribution in [1.82, 2.24) is 15.2 Å². The van der Waals surface area contributed by atoms with Crippen molar-refractivity contribution in [3.05, 3.63) is 59.8 Å². The highest BCUT2D eigenvalue weighted by Crippen LogP contribution is 2.26. The van der Waals surface area contributed by atoms with Gasteiger partial charge in [0.2, 0.25) is 0 Å². The summed E-state index contributed by atoms with van der Waals surface area (Å²) in [6.07, 6.45) is 1.17. The van der Waals surface area contributed by atoms with Crippen molar-refractivity contribution in [2.75, 3.05) is 38.6 Å². The zero-order chi connectivity index (χ0) is 18.4. The van der Waals surface area contributed by atoms with E-state index in [1.165, 1.54) is 12.0 Å². The van der Waals surface area contributed by atoms with Gasteiger partial charge in [-0.25, -0.2) is 9.98 Å². The minimum Gasteiger partial charge on any atom is -0.363 e. The molecule has 2 heterocycles. The largest absolute Gasteiger partial charge is 0.363 e. The molecule has 1 fully saturated rings. The number of guanidine groups is 1. The smallest absolute Gasteiger partial charge is 0.194 e. The van der Waals surface area contributed by atoms with Crippen molar-refractivity contribution in [3.8, 4) is 0 Å². The molecule has 1 saturated heterocycles. The Morgan fingerprint density at radius 2 is 2.00 bits per heavy atom. The van der Waals surface area contributed by atoms with Gasteiger partial charge >= 0.3 is 0 Å². The molecule has 1 atom stereocenters. The molecule has 0 bridgehead atoms. The highest BCUT2D eigenvalue weighted by molar-refractivity contribution is 5.80. The van der Waals surface area contributed by atoms with Gasteiger partial charge in [-0.15, -0.1) is 0 Å². The minimum absolute atomic E-state index is 0.579. The summed E-state index contributed by atoms with van der Waals surface area (Å²) in [6.45, 7) is 5.63. The van der Waals surface area contributed by atoms with Gasteiger partial charge in [0.05, 0.1) is 12.2 Å². The molecule has 0 amide bonds. The van der Waals surface area contributed by atoms with Gasteiger partial charge < -0.3 is 15.1 Å². The summed E-state index contributed by atoms with van der Waals surface area (Å²) in [6, 6.07) is 16.9. The third kappa shape index (κ3) is 4.54. The number of pyridine rings is 1. The fourth-order valence-corrected chi connectivity index (χ4v) is 3.34. The van der Waals surface area contributed by atoms with Crippen LogP contribution in [0.3, 0.4) is 0 Å². The SMILES string of the molecule is CCNC(=NCc1cccc(N(C)C)n1)N1CCC(c2ccccc2)C1. The summed E-state index contributed by atoms with van der Waals surface area (Å²) < 4.78 is 0. The fraction of sp³-hybridized carbons (Fsp3) is 0.429. The van der Waals surface area contributed by atoms with Crippen LogP contribution in [0.15, 0.2) is 53.5 Å². The number of anilines is 1. The van der Waals surface area contributed by atoms with Gasteiger partial charge in [-0.05, 0) is 31.0 Å². The van der Waals surface area contributed by atoms with E-state index in [9.17, 15) is 0 Å². The maximum Gasteiger partial charge on any atom is 0.194 e. The Bertz CT molecular complexity index is 726. The van der Waals surface area contributed by atoms with Gasteiger partial charge in [-0.2, -0.15) is 0 Å². The summed E-state index contributed by atoms with van der Waals surface area (Å²) in [5.41, 5.74) is 2.41. The third-order valence-corrected chi connectivity index (χ3v) is 4.73. The Morgan fingerprint density at radius 1 is 1.19 bits per heavy atom. The number of rotatable bonds is 5. The molecule has 0 aliphatic carbocycles. The predicted octanol–water partition coefficient (Wildman–Crippen LogP) is 3.10. The second-order valence-electron chi connectivity index (χ2n) is 6.89. The molecule has 1 unspecified atom stereocenters. The first kappa shape index (κ1) is 18.2. The van der Waals surface area contributed by atoms with E-state index in [-0.39, 0.29) is 0 Å². The van der Waals surface area contributed by atoms with Crippen LogP contribution in [0, 0.1) is 0 Å². The van der Waals surface area contributed by atoms with Crippen molar-refractivity contribution in [1.29, 1.82) is 0 Å². The van der Waals surface area contributed by atoms with Crippen LogP contribution in [0.25, 0.3) is 0 Å². The number of aromatic nitrogens is 1. The van der Waals surface area contributed by atoms with E-state index < -0.39 is 0 Å². The number of aliphatic imine (C=N–C) groups is 1. The van der Waals surface area contributed by atoms with Gasteiger partial charge in [-0.1, -0.05) is 36.4 Å². The van der Waals surface area contributed by atoms with Gasteiger partial charge in [0, 0.05) is 39.6 Å². The summed E-state index contributed by atoms with van der Waals surface area (Å²) in [7, 11) is 4.01. The van der Waals surface area contributed by atoms with Crippen LogP contribution in [0.5, 0.6) is 0 Å². The number of nitrogens with zero attached hydrogens (tertiary/aromatic N) is 4. The fourth-order valence-electron chi connectivity index (χ4n) is 3.34. The number of nitrogens with one attached hydrogen (secondary N) is 1. The zero-order valence-corrected chi connectivity index (χ0v) is 16.0. The molecule has 5 heteroatoms. The highest BCUT2D eigenvalue weighted by atomic mass is 15.3. The lowest BCUT2D eigenvalue weighted by molar-refractivity contribution is 0.486. The lowest BCUT2D eigenvalue weighted by Gasteiger charge is -2.22. The molecule has 1 aromatic carbocycles. The van der Waals surface area contributed by atoms with E-state index in [1.807, 2.05) is 37.2 Å². The van der Waals surface area contributed by atoms with Crippen molar-refractivity contribution in [2.24, 2.45) is 4.99 Å². The number of hydrogen-bond acceptors (Lipinski definition) is 3. The van der Waals surface area contributed by atoms with Crippen LogP contribution in [0.1, 0.15) is 30.5 Å². The lowest BCUT2D eigenvalue weighted by atomic mass is 9.99. The number of likely N-dealkylation sites (tertiary alicyclic amines) is 1. The zero-order valence-electron chi connectivity index (χ0n) is 16.0. The normalized spacial score (nSPS) is 17.4. The quantitative estimate of drug-likeness (QED) is 0.664. The van der Waals surface area contributed by atoms with Crippen molar-refractivity contribution in [3.63, 3.8) is 0 Å². The van der Waals surface area contributed by atoms with E-state index >= 15 is 0 Å². The lowest BCUT2D eigenvalue weighted by Crippen LogP contribution is -2.40. The standard InChI is InChI=1S/C21H29N5/c1-4-22-21(23-15-19-11-8-12-20(24-19)25(2)3)26-14-13-18(16-26)17-9-6-5-7-10-17/h5-12,18H,4,13-16H2,1-3H3,(H,22,23).